The molecule has 0 saturated carbocycles. The molecule has 1 heterocycles. The van der Waals surface area contributed by atoms with Crippen molar-refractivity contribution in [2.24, 2.45) is 5.41 Å². The lowest BCUT2D eigenvalue weighted by Gasteiger charge is -2.25. The van der Waals surface area contributed by atoms with Crippen molar-refractivity contribution in [2.75, 3.05) is 18.5 Å². The van der Waals surface area contributed by atoms with Gasteiger partial charge in [-0.05, 0) is 25.1 Å². The zero-order valence-corrected chi connectivity index (χ0v) is 12.7. The van der Waals surface area contributed by atoms with Crippen molar-refractivity contribution in [3.8, 4) is 0 Å². The summed E-state index contributed by atoms with van der Waals surface area (Å²) in [6.07, 6.45) is 0. The number of halogens is 2. The molecule has 1 aliphatic heterocycles. The number of amides is 2. The van der Waals surface area contributed by atoms with Crippen LogP contribution in [0.1, 0.15) is 6.92 Å². The Kier molecular flexibility index (Phi) is 4.48. The summed E-state index contributed by atoms with van der Waals surface area (Å²) in [6, 6.07) is 2.84. The molecular weight excluding hydrogens is 347 g/mol. The second-order valence-electron chi connectivity index (χ2n) is 5.01. The molecule has 0 spiro atoms. The summed E-state index contributed by atoms with van der Waals surface area (Å²) in [5.41, 5.74) is -1.19. The Balaban J connectivity index is 2.03. The third-order valence-corrected chi connectivity index (χ3v) is 3.92. The molecule has 1 aliphatic rings. The Hall–Kier alpha value is -1.67. The molecule has 0 aliphatic carbocycles. The first-order valence-corrected chi connectivity index (χ1v) is 6.96. The minimum atomic E-state index is -1.20. The van der Waals surface area contributed by atoms with E-state index < -0.39 is 29.3 Å². The molecule has 0 radical (unpaired) electrons. The van der Waals surface area contributed by atoms with Gasteiger partial charge in [0.2, 0.25) is 0 Å². The number of ether oxygens (including phenoxy) is 1. The molecule has 21 heavy (non-hydrogen) atoms. The number of nitrogens with one attached hydrogen (secondary N) is 2. The summed E-state index contributed by atoms with van der Waals surface area (Å²) in [6.45, 7) is 1.60. The normalized spacial score (nSPS) is 24.6. The minimum absolute atomic E-state index is 0.00615. The number of carbonyl (C=O) groups excluding carboxylic acids is 1. The molecule has 1 saturated heterocycles. The van der Waals surface area contributed by atoms with Crippen LogP contribution in [-0.2, 0) is 9.53 Å². The predicted octanol–water partition coefficient (Wildman–Crippen LogP) is 2.20. The van der Waals surface area contributed by atoms with E-state index in [4.69, 9.17) is 4.74 Å². The Labute approximate surface area is 128 Å². The molecule has 6 nitrogen and oxygen atoms in total. The van der Waals surface area contributed by atoms with Gasteiger partial charge in [0, 0.05) is 4.47 Å². The summed E-state index contributed by atoms with van der Waals surface area (Å²) in [5.74, 6) is -1.65. The van der Waals surface area contributed by atoms with Crippen LogP contribution >= 0.6 is 15.9 Å². The van der Waals surface area contributed by atoms with Gasteiger partial charge in [-0.2, -0.15) is 0 Å². The molecular formula is C13H14BrFN2O4. The summed E-state index contributed by atoms with van der Waals surface area (Å²) in [4.78, 5) is 23.1. The quantitative estimate of drug-likeness (QED) is 0.770. The van der Waals surface area contributed by atoms with E-state index >= 15 is 0 Å². The fourth-order valence-corrected chi connectivity index (χ4v) is 2.33. The van der Waals surface area contributed by atoms with Crippen LogP contribution in [-0.4, -0.2) is 36.4 Å². The van der Waals surface area contributed by atoms with E-state index in [-0.39, 0.29) is 18.9 Å². The molecule has 2 unspecified atom stereocenters. The molecule has 8 heteroatoms. The molecule has 2 atom stereocenters. The van der Waals surface area contributed by atoms with Crippen LogP contribution in [0.25, 0.3) is 0 Å². The fourth-order valence-electron chi connectivity index (χ4n) is 1.99. The number of hydrogen-bond acceptors (Lipinski definition) is 3. The Bertz CT molecular complexity index is 583. The highest BCUT2D eigenvalue weighted by molar-refractivity contribution is 9.10. The number of urea groups is 1. The van der Waals surface area contributed by atoms with Gasteiger partial charge in [0.05, 0.1) is 24.9 Å². The van der Waals surface area contributed by atoms with E-state index in [1.54, 1.807) is 6.07 Å². The van der Waals surface area contributed by atoms with Crippen molar-refractivity contribution in [2.45, 2.75) is 13.0 Å². The summed E-state index contributed by atoms with van der Waals surface area (Å²) >= 11 is 3.11. The summed E-state index contributed by atoms with van der Waals surface area (Å²) in [7, 11) is 0. The lowest BCUT2D eigenvalue weighted by Crippen LogP contribution is -2.50. The number of carbonyl (C=O) groups is 2. The number of carboxylic acids is 1. The number of hydrogen-bond donors (Lipinski definition) is 3. The van der Waals surface area contributed by atoms with Gasteiger partial charge < -0.3 is 20.5 Å². The third kappa shape index (κ3) is 3.33. The monoisotopic (exact) mass is 360 g/mol. The molecule has 0 aromatic heterocycles. The number of rotatable bonds is 3. The van der Waals surface area contributed by atoms with Crippen molar-refractivity contribution in [3.63, 3.8) is 0 Å². The second kappa shape index (κ2) is 5.98. The van der Waals surface area contributed by atoms with E-state index in [1.807, 2.05) is 0 Å². The predicted molar refractivity (Wildman–Crippen MR) is 76.6 cm³/mol. The van der Waals surface area contributed by atoms with Gasteiger partial charge in [-0.25, -0.2) is 9.18 Å². The maximum Gasteiger partial charge on any atom is 0.319 e. The summed E-state index contributed by atoms with van der Waals surface area (Å²) in [5, 5.41) is 14.1. The number of benzene rings is 1. The first-order valence-electron chi connectivity index (χ1n) is 6.16. The van der Waals surface area contributed by atoms with Gasteiger partial charge in [-0.3, -0.25) is 4.79 Å². The number of anilines is 1. The average Bonchev–Trinajstić information content (AvgIpc) is 2.76. The van der Waals surface area contributed by atoms with Gasteiger partial charge in [-0.1, -0.05) is 15.9 Å². The number of aliphatic carboxylic acids is 1. The van der Waals surface area contributed by atoms with Crippen molar-refractivity contribution >= 4 is 33.6 Å². The minimum Gasteiger partial charge on any atom is -0.481 e. The first-order chi connectivity index (χ1) is 9.83. The van der Waals surface area contributed by atoms with E-state index in [1.165, 1.54) is 19.1 Å². The van der Waals surface area contributed by atoms with E-state index in [0.29, 0.717) is 4.47 Å². The van der Waals surface area contributed by atoms with Crippen molar-refractivity contribution < 1.29 is 23.8 Å². The molecule has 1 aromatic rings. The Morgan fingerprint density at radius 2 is 2.24 bits per heavy atom. The molecule has 2 amide bonds. The Morgan fingerprint density at radius 1 is 1.52 bits per heavy atom. The van der Waals surface area contributed by atoms with Crippen LogP contribution in [0, 0.1) is 11.2 Å². The second-order valence-corrected chi connectivity index (χ2v) is 5.93. The Morgan fingerprint density at radius 3 is 2.86 bits per heavy atom. The maximum absolute atomic E-state index is 13.6. The van der Waals surface area contributed by atoms with Crippen molar-refractivity contribution in [1.82, 2.24) is 5.32 Å². The fraction of sp³-hybridized carbons (Fsp3) is 0.385. The van der Waals surface area contributed by atoms with E-state index in [2.05, 4.69) is 26.6 Å². The van der Waals surface area contributed by atoms with Gasteiger partial charge in [-0.15, -0.1) is 0 Å². The van der Waals surface area contributed by atoms with E-state index in [9.17, 15) is 19.1 Å². The molecule has 3 N–H and O–H groups in total. The highest BCUT2D eigenvalue weighted by atomic mass is 79.9. The van der Waals surface area contributed by atoms with E-state index in [0.717, 1.165) is 0 Å². The molecule has 114 valence electrons. The molecule has 1 fully saturated rings. The highest BCUT2D eigenvalue weighted by Crippen LogP contribution is 2.29. The van der Waals surface area contributed by atoms with Crippen molar-refractivity contribution in [1.29, 1.82) is 0 Å². The lowest BCUT2D eigenvalue weighted by molar-refractivity contribution is -0.148. The molecule has 0 bridgehead atoms. The SMILES string of the molecule is CC1(C(=O)O)COCC1NC(=O)Nc1ccc(Br)cc1F. The standard InChI is InChI=1S/C13H14BrFN2O4/c1-13(11(18)19)6-21-5-10(13)17-12(20)16-9-3-2-7(14)4-8(9)15/h2-4,10H,5-6H2,1H3,(H,18,19)(H2,16,17,20). The summed E-state index contributed by atoms with van der Waals surface area (Å²) < 4.78 is 19.3. The van der Waals surface area contributed by atoms with Crippen LogP contribution in [0.4, 0.5) is 14.9 Å². The highest BCUT2D eigenvalue weighted by Gasteiger charge is 2.47. The molecule has 1 aromatic carbocycles. The number of carboxylic acid groups (broad SMARTS) is 1. The topological polar surface area (TPSA) is 87.7 Å². The van der Waals surface area contributed by atoms with Crippen LogP contribution in [0.15, 0.2) is 22.7 Å². The van der Waals surface area contributed by atoms with Crippen molar-refractivity contribution in [3.05, 3.63) is 28.5 Å². The largest absolute Gasteiger partial charge is 0.481 e. The van der Waals surface area contributed by atoms with Crippen LogP contribution in [0.2, 0.25) is 0 Å². The zero-order chi connectivity index (χ0) is 15.6. The molecule has 2 rings (SSSR count). The van der Waals surface area contributed by atoms with Crippen LogP contribution < -0.4 is 10.6 Å². The van der Waals surface area contributed by atoms with Gasteiger partial charge >= 0.3 is 12.0 Å². The van der Waals surface area contributed by atoms with Crippen LogP contribution in [0.3, 0.4) is 0 Å². The average molecular weight is 361 g/mol. The first kappa shape index (κ1) is 15.7. The maximum atomic E-state index is 13.6. The zero-order valence-electron chi connectivity index (χ0n) is 11.2. The smallest absolute Gasteiger partial charge is 0.319 e. The third-order valence-electron chi connectivity index (χ3n) is 3.43. The van der Waals surface area contributed by atoms with Gasteiger partial charge in [0.1, 0.15) is 11.2 Å². The van der Waals surface area contributed by atoms with Crippen LogP contribution in [0.5, 0.6) is 0 Å². The lowest BCUT2D eigenvalue weighted by atomic mass is 9.85. The van der Waals surface area contributed by atoms with Gasteiger partial charge in [0.15, 0.2) is 0 Å². The van der Waals surface area contributed by atoms with Gasteiger partial charge in [0.25, 0.3) is 0 Å².